The molecule has 2 aliphatic heterocycles. The van der Waals surface area contributed by atoms with Crippen LogP contribution in [0.1, 0.15) is 44.3 Å². The van der Waals surface area contributed by atoms with Crippen LogP contribution in [0.3, 0.4) is 0 Å². The minimum Gasteiger partial charge on any atom is -0.342 e. The molecule has 0 radical (unpaired) electrons. The Bertz CT molecular complexity index is 509. The van der Waals surface area contributed by atoms with Gasteiger partial charge in [0.2, 0.25) is 5.91 Å². The Labute approximate surface area is 138 Å². The normalized spacial score (nSPS) is 23.2. The summed E-state index contributed by atoms with van der Waals surface area (Å²) < 4.78 is 1.89. The molecule has 0 bridgehead atoms. The third kappa shape index (κ3) is 4.53. The maximum atomic E-state index is 12.5. The molecule has 128 valence electrons. The molecule has 6 heteroatoms. The molecule has 2 fully saturated rings. The Morgan fingerprint density at radius 1 is 1.22 bits per heavy atom. The molecule has 0 aromatic carbocycles. The van der Waals surface area contributed by atoms with Crippen LogP contribution in [0, 0.1) is 5.92 Å². The Hall–Kier alpha value is -1.43. The lowest BCUT2D eigenvalue weighted by atomic mass is 9.96. The summed E-state index contributed by atoms with van der Waals surface area (Å²) in [6.45, 7) is 5.53. The number of aryl methyl sites for hydroxylation is 2. The zero-order valence-corrected chi connectivity index (χ0v) is 14.3. The molecule has 2 aliphatic rings. The largest absolute Gasteiger partial charge is 0.342 e. The van der Waals surface area contributed by atoms with Crippen LogP contribution in [0.2, 0.25) is 0 Å². The molecule has 0 aliphatic carbocycles. The van der Waals surface area contributed by atoms with Gasteiger partial charge in [0.1, 0.15) is 12.2 Å². The molecule has 1 amide bonds. The molecule has 0 spiro atoms. The van der Waals surface area contributed by atoms with Crippen molar-refractivity contribution in [2.75, 3.05) is 32.7 Å². The molecular weight excluding hydrogens is 290 g/mol. The van der Waals surface area contributed by atoms with Crippen molar-refractivity contribution in [1.29, 1.82) is 0 Å². The number of rotatable bonds is 5. The van der Waals surface area contributed by atoms with E-state index in [1.807, 2.05) is 11.6 Å². The third-order valence-electron chi connectivity index (χ3n) is 5.20. The van der Waals surface area contributed by atoms with Crippen LogP contribution in [-0.4, -0.2) is 63.2 Å². The summed E-state index contributed by atoms with van der Waals surface area (Å²) in [5.74, 6) is 1.82. The highest BCUT2D eigenvalue weighted by Crippen LogP contribution is 2.20. The molecule has 0 saturated carbocycles. The average molecular weight is 319 g/mol. The topological polar surface area (TPSA) is 54.3 Å². The molecule has 0 N–H and O–H groups in total. The summed E-state index contributed by atoms with van der Waals surface area (Å²) in [5, 5.41) is 7.93. The SMILES string of the molecule is Cn1cnnc1CCC(=O)N1CCCC(CN2CCCCC2)C1. The van der Waals surface area contributed by atoms with Crippen molar-refractivity contribution in [3.63, 3.8) is 0 Å². The number of carbonyl (C=O) groups excluding carboxylic acids is 1. The minimum absolute atomic E-state index is 0.274. The van der Waals surface area contributed by atoms with E-state index in [0.29, 0.717) is 18.8 Å². The highest BCUT2D eigenvalue weighted by molar-refractivity contribution is 5.76. The molecule has 1 atom stereocenters. The monoisotopic (exact) mass is 319 g/mol. The Morgan fingerprint density at radius 3 is 2.78 bits per heavy atom. The van der Waals surface area contributed by atoms with Gasteiger partial charge in [-0.1, -0.05) is 6.42 Å². The quantitative estimate of drug-likeness (QED) is 0.825. The second-order valence-electron chi connectivity index (χ2n) is 7.07. The van der Waals surface area contributed by atoms with Gasteiger partial charge < -0.3 is 14.4 Å². The molecule has 1 aromatic heterocycles. The minimum atomic E-state index is 0.274. The first-order chi connectivity index (χ1) is 11.2. The summed E-state index contributed by atoms with van der Waals surface area (Å²) in [4.78, 5) is 17.2. The smallest absolute Gasteiger partial charge is 0.223 e. The van der Waals surface area contributed by atoms with Crippen molar-refractivity contribution in [2.45, 2.75) is 44.9 Å². The zero-order valence-electron chi connectivity index (χ0n) is 14.3. The van der Waals surface area contributed by atoms with Gasteiger partial charge in [0.15, 0.2) is 0 Å². The van der Waals surface area contributed by atoms with Gasteiger partial charge in [0.25, 0.3) is 0 Å². The Kier molecular flexibility index (Phi) is 5.65. The Morgan fingerprint density at radius 2 is 2.04 bits per heavy atom. The fourth-order valence-electron chi connectivity index (χ4n) is 3.86. The second-order valence-corrected chi connectivity index (χ2v) is 7.07. The maximum absolute atomic E-state index is 12.5. The number of likely N-dealkylation sites (tertiary alicyclic amines) is 2. The van der Waals surface area contributed by atoms with E-state index in [4.69, 9.17) is 0 Å². The van der Waals surface area contributed by atoms with E-state index in [2.05, 4.69) is 20.0 Å². The number of aromatic nitrogens is 3. The van der Waals surface area contributed by atoms with Gasteiger partial charge in [-0.3, -0.25) is 4.79 Å². The van der Waals surface area contributed by atoms with Crippen molar-refractivity contribution in [1.82, 2.24) is 24.6 Å². The lowest BCUT2D eigenvalue weighted by molar-refractivity contribution is -0.133. The van der Waals surface area contributed by atoms with Gasteiger partial charge in [-0.25, -0.2) is 0 Å². The van der Waals surface area contributed by atoms with E-state index in [1.54, 1.807) is 6.33 Å². The van der Waals surface area contributed by atoms with Gasteiger partial charge in [-0.2, -0.15) is 0 Å². The standard InChI is InChI=1S/C17H29N5O/c1-20-14-18-19-16(20)7-8-17(23)22-11-5-6-15(13-22)12-21-9-3-2-4-10-21/h14-15H,2-13H2,1H3. The van der Waals surface area contributed by atoms with E-state index in [0.717, 1.165) is 25.3 Å². The number of hydrogen-bond acceptors (Lipinski definition) is 4. The fraction of sp³-hybridized carbons (Fsp3) is 0.824. The summed E-state index contributed by atoms with van der Waals surface area (Å²) in [5.41, 5.74) is 0. The molecule has 1 unspecified atom stereocenters. The highest BCUT2D eigenvalue weighted by Gasteiger charge is 2.25. The Balaban J connectivity index is 1.45. The van der Waals surface area contributed by atoms with E-state index in [1.165, 1.54) is 45.3 Å². The molecule has 23 heavy (non-hydrogen) atoms. The summed E-state index contributed by atoms with van der Waals surface area (Å²) in [6.07, 6.45) is 9.40. The molecule has 2 saturated heterocycles. The predicted molar refractivity (Wildman–Crippen MR) is 88.9 cm³/mol. The van der Waals surface area contributed by atoms with Crippen LogP contribution in [0.5, 0.6) is 0 Å². The summed E-state index contributed by atoms with van der Waals surface area (Å²) in [7, 11) is 1.93. The van der Waals surface area contributed by atoms with E-state index in [-0.39, 0.29) is 5.91 Å². The van der Waals surface area contributed by atoms with Gasteiger partial charge >= 0.3 is 0 Å². The first-order valence-electron chi connectivity index (χ1n) is 9.05. The van der Waals surface area contributed by atoms with Crippen LogP contribution >= 0.6 is 0 Å². The van der Waals surface area contributed by atoms with Crippen molar-refractivity contribution >= 4 is 5.91 Å². The molecule has 1 aromatic rings. The lowest BCUT2D eigenvalue weighted by Gasteiger charge is -2.37. The summed E-state index contributed by atoms with van der Waals surface area (Å²) in [6, 6.07) is 0. The first kappa shape index (κ1) is 16.4. The number of nitrogens with zero attached hydrogens (tertiary/aromatic N) is 5. The van der Waals surface area contributed by atoms with Crippen LogP contribution in [0.15, 0.2) is 6.33 Å². The second kappa shape index (κ2) is 7.90. The predicted octanol–water partition coefficient (Wildman–Crippen LogP) is 1.47. The molecule has 3 rings (SSSR count). The highest BCUT2D eigenvalue weighted by atomic mass is 16.2. The lowest BCUT2D eigenvalue weighted by Crippen LogP contribution is -2.44. The molecule has 6 nitrogen and oxygen atoms in total. The molecular formula is C17H29N5O. The van der Waals surface area contributed by atoms with E-state index >= 15 is 0 Å². The van der Waals surface area contributed by atoms with Gasteiger partial charge in [-0.15, -0.1) is 10.2 Å². The number of hydrogen-bond donors (Lipinski definition) is 0. The number of amides is 1. The number of carbonyl (C=O) groups is 1. The number of piperidine rings is 2. The fourth-order valence-corrected chi connectivity index (χ4v) is 3.86. The van der Waals surface area contributed by atoms with Gasteiger partial charge in [-0.05, 0) is 44.7 Å². The van der Waals surface area contributed by atoms with Crippen LogP contribution < -0.4 is 0 Å². The zero-order chi connectivity index (χ0) is 16.1. The average Bonchev–Trinajstić information content (AvgIpc) is 2.99. The molecule has 3 heterocycles. The van der Waals surface area contributed by atoms with Gasteiger partial charge in [0.05, 0.1) is 0 Å². The maximum Gasteiger partial charge on any atom is 0.223 e. The first-order valence-corrected chi connectivity index (χ1v) is 9.05. The van der Waals surface area contributed by atoms with Crippen molar-refractivity contribution in [3.05, 3.63) is 12.2 Å². The van der Waals surface area contributed by atoms with Crippen LogP contribution in [-0.2, 0) is 18.3 Å². The van der Waals surface area contributed by atoms with Crippen molar-refractivity contribution in [2.24, 2.45) is 13.0 Å². The van der Waals surface area contributed by atoms with Crippen molar-refractivity contribution < 1.29 is 4.79 Å². The van der Waals surface area contributed by atoms with Crippen molar-refractivity contribution in [3.8, 4) is 0 Å². The van der Waals surface area contributed by atoms with E-state index < -0.39 is 0 Å². The third-order valence-corrected chi connectivity index (χ3v) is 5.20. The van der Waals surface area contributed by atoms with Crippen LogP contribution in [0.4, 0.5) is 0 Å². The van der Waals surface area contributed by atoms with E-state index in [9.17, 15) is 4.79 Å². The van der Waals surface area contributed by atoms with Gasteiger partial charge in [0, 0.05) is 39.5 Å². The van der Waals surface area contributed by atoms with Crippen LogP contribution in [0.25, 0.3) is 0 Å². The summed E-state index contributed by atoms with van der Waals surface area (Å²) >= 11 is 0.